The van der Waals surface area contributed by atoms with E-state index in [1.54, 1.807) is 0 Å². The van der Waals surface area contributed by atoms with E-state index in [0.717, 1.165) is 27.5 Å². The van der Waals surface area contributed by atoms with Crippen LogP contribution < -0.4 is 0 Å². The molecule has 0 N–H and O–H groups in total. The van der Waals surface area contributed by atoms with Gasteiger partial charge in [0.1, 0.15) is 11.2 Å². The lowest BCUT2D eigenvalue weighted by Gasteiger charge is -2.01. The Labute approximate surface area is 111 Å². The summed E-state index contributed by atoms with van der Waals surface area (Å²) >= 11 is 0. The van der Waals surface area contributed by atoms with Crippen LogP contribution in [0.25, 0.3) is 33.1 Å². The zero-order chi connectivity index (χ0) is 12.7. The Balaban J connectivity index is 2.13. The molecule has 0 bridgehead atoms. The largest absolute Gasteiger partial charge is 0.455 e. The van der Waals surface area contributed by atoms with E-state index >= 15 is 0 Å². The SMILES string of the molecule is [c]1ccc2c(c1)oc1c(-c3ccccc3)cccc12. The Morgan fingerprint density at radius 3 is 2.58 bits per heavy atom. The molecule has 0 aliphatic heterocycles. The van der Waals surface area contributed by atoms with Gasteiger partial charge in [0.05, 0.1) is 0 Å². The maximum Gasteiger partial charge on any atom is 0.143 e. The van der Waals surface area contributed by atoms with E-state index in [9.17, 15) is 0 Å². The van der Waals surface area contributed by atoms with Gasteiger partial charge in [-0.05, 0) is 23.8 Å². The van der Waals surface area contributed by atoms with E-state index in [0.29, 0.717) is 0 Å². The van der Waals surface area contributed by atoms with E-state index in [1.165, 1.54) is 5.56 Å². The van der Waals surface area contributed by atoms with Crippen LogP contribution in [0.4, 0.5) is 0 Å². The predicted octanol–water partition coefficient (Wildman–Crippen LogP) is 5.05. The molecule has 1 aromatic heterocycles. The summed E-state index contributed by atoms with van der Waals surface area (Å²) in [5, 5.41) is 2.30. The molecule has 1 radical (unpaired) electrons. The Morgan fingerprint density at radius 1 is 0.789 bits per heavy atom. The third-order valence-electron chi connectivity index (χ3n) is 3.43. The van der Waals surface area contributed by atoms with Gasteiger partial charge in [0.25, 0.3) is 0 Å². The van der Waals surface area contributed by atoms with Crippen LogP contribution in [0.15, 0.2) is 71.1 Å². The quantitative estimate of drug-likeness (QED) is 0.455. The molecule has 0 spiro atoms. The highest BCUT2D eigenvalue weighted by atomic mass is 16.3. The molecule has 89 valence electrons. The first kappa shape index (κ1) is 10.4. The number of hydrogen-bond donors (Lipinski definition) is 0. The van der Waals surface area contributed by atoms with Crippen LogP contribution in [0.5, 0.6) is 0 Å². The topological polar surface area (TPSA) is 13.1 Å². The fourth-order valence-corrected chi connectivity index (χ4v) is 2.54. The predicted molar refractivity (Wildman–Crippen MR) is 78.0 cm³/mol. The maximum absolute atomic E-state index is 6.01. The highest BCUT2D eigenvalue weighted by Crippen LogP contribution is 2.35. The second kappa shape index (κ2) is 3.99. The molecule has 4 aromatic rings. The van der Waals surface area contributed by atoms with Crippen molar-refractivity contribution in [1.29, 1.82) is 0 Å². The molecule has 1 nitrogen and oxygen atoms in total. The fourth-order valence-electron chi connectivity index (χ4n) is 2.54. The van der Waals surface area contributed by atoms with Crippen LogP contribution >= 0.6 is 0 Å². The number of rotatable bonds is 1. The zero-order valence-electron chi connectivity index (χ0n) is 10.3. The average molecular weight is 243 g/mol. The van der Waals surface area contributed by atoms with Gasteiger partial charge in [0.2, 0.25) is 0 Å². The Hall–Kier alpha value is -2.54. The van der Waals surface area contributed by atoms with Crippen LogP contribution in [0.2, 0.25) is 0 Å². The van der Waals surface area contributed by atoms with E-state index in [1.807, 2.05) is 30.3 Å². The first-order valence-corrected chi connectivity index (χ1v) is 6.30. The molecule has 4 rings (SSSR count). The van der Waals surface area contributed by atoms with Crippen molar-refractivity contribution in [3.05, 3.63) is 72.8 Å². The van der Waals surface area contributed by atoms with Gasteiger partial charge < -0.3 is 4.42 Å². The van der Waals surface area contributed by atoms with Crippen LogP contribution in [0, 0.1) is 6.07 Å². The van der Waals surface area contributed by atoms with Gasteiger partial charge >= 0.3 is 0 Å². The van der Waals surface area contributed by atoms with Crippen molar-refractivity contribution in [2.24, 2.45) is 0 Å². The molecule has 0 amide bonds. The average Bonchev–Trinajstić information content (AvgIpc) is 2.87. The molecule has 1 heterocycles. The summed E-state index contributed by atoms with van der Waals surface area (Å²) in [6.07, 6.45) is 0. The molecule has 0 saturated carbocycles. The standard InChI is InChI=1S/C18H11O/c1-2-7-13(8-3-1)14-10-6-11-16-15-9-4-5-12-17(15)19-18(14)16/h1-4,6-12H. The first-order chi connectivity index (χ1) is 9.43. The van der Waals surface area contributed by atoms with Crippen molar-refractivity contribution in [3.8, 4) is 11.1 Å². The maximum atomic E-state index is 6.01. The Kier molecular flexibility index (Phi) is 2.18. The molecule has 0 aliphatic rings. The number of hydrogen-bond acceptors (Lipinski definition) is 1. The summed E-state index contributed by atoms with van der Waals surface area (Å²) in [6.45, 7) is 0. The second-order valence-corrected chi connectivity index (χ2v) is 4.57. The smallest absolute Gasteiger partial charge is 0.143 e. The minimum atomic E-state index is 0.890. The zero-order valence-corrected chi connectivity index (χ0v) is 10.3. The molecular weight excluding hydrogens is 232 g/mol. The van der Waals surface area contributed by atoms with Gasteiger partial charge in [0.15, 0.2) is 0 Å². The number of fused-ring (bicyclic) bond motifs is 3. The summed E-state index contributed by atoms with van der Waals surface area (Å²) in [4.78, 5) is 0. The minimum Gasteiger partial charge on any atom is -0.455 e. The summed E-state index contributed by atoms with van der Waals surface area (Å²) in [7, 11) is 0. The lowest BCUT2D eigenvalue weighted by atomic mass is 10.0. The van der Waals surface area contributed by atoms with Gasteiger partial charge in [-0.1, -0.05) is 54.6 Å². The monoisotopic (exact) mass is 243 g/mol. The molecule has 0 unspecified atom stereocenters. The first-order valence-electron chi connectivity index (χ1n) is 6.30. The summed E-state index contributed by atoms with van der Waals surface area (Å²) in [6, 6.07) is 25.5. The molecule has 0 aliphatic carbocycles. The van der Waals surface area contributed by atoms with Crippen molar-refractivity contribution in [3.63, 3.8) is 0 Å². The van der Waals surface area contributed by atoms with Crippen molar-refractivity contribution in [2.75, 3.05) is 0 Å². The molecule has 3 aromatic carbocycles. The van der Waals surface area contributed by atoms with Crippen LogP contribution in [-0.2, 0) is 0 Å². The van der Waals surface area contributed by atoms with E-state index < -0.39 is 0 Å². The van der Waals surface area contributed by atoms with Crippen molar-refractivity contribution in [1.82, 2.24) is 0 Å². The molecule has 0 fully saturated rings. The number of benzene rings is 3. The van der Waals surface area contributed by atoms with E-state index in [4.69, 9.17) is 4.42 Å². The highest BCUT2D eigenvalue weighted by molar-refractivity contribution is 6.09. The van der Waals surface area contributed by atoms with Crippen LogP contribution in [-0.4, -0.2) is 0 Å². The lowest BCUT2D eigenvalue weighted by molar-refractivity contribution is 0.670. The third kappa shape index (κ3) is 1.55. The summed E-state index contributed by atoms with van der Waals surface area (Å²) < 4.78 is 6.01. The third-order valence-corrected chi connectivity index (χ3v) is 3.43. The van der Waals surface area contributed by atoms with Crippen molar-refractivity contribution >= 4 is 21.9 Å². The van der Waals surface area contributed by atoms with Crippen molar-refractivity contribution < 1.29 is 4.42 Å². The van der Waals surface area contributed by atoms with Crippen LogP contribution in [0.3, 0.4) is 0 Å². The molecule has 1 heteroatoms. The van der Waals surface area contributed by atoms with Crippen LogP contribution in [0.1, 0.15) is 0 Å². The fraction of sp³-hybridized carbons (Fsp3) is 0. The Morgan fingerprint density at radius 2 is 1.68 bits per heavy atom. The van der Waals surface area contributed by atoms with Gasteiger partial charge in [-0.15, -0.1) is 0 Å². The Bertz CT molecular complexity index is 857. The molecule has 19 heavy (non-hydrogen) atoms. The second-order valence-electron chi connectivity index (χ2n) is 4.57. The number of furan rings is 1. The van der Waals surface area contributed by atoms with Gasteiger partial charge in [0, 0.05) is 16.3 Å². The highest BCUT2D eigenvalue weighted by Gasteiger charge is 2.10. The van der Waals surface area contributed by atoms with E-state index in [2.05, 4.69) is 42.5 Å². The number of para-hydroxylation sites is 1. The van der Waals surface area contributed by atoms with E-state index in [-0.39, 0.29) is 0 Å². The normalized spacial score (nSPS) is 11.2. The molecule has 0 atom stereocenters. The van der Waals surface area contributed by atoms with Crippen molar-refractivity contribution in [2.45, 2.75) is 0 Å². The molecule has 0 saturated heterocycles. The van der Waals surface area contributed by atoms with Gasteiger partial charge in [-0.25, -0.2) is 0 Å². The molecular formula is C18H11O. The summed E-state index contributed by atoms with van der Waals surface area (Å²) in [5.74, 6) is 0. The van der Waals surface area contributed by atoms with Gasteiger partial charge in [-0.2, -0.15) is 0 Å². The van der Waals surface area contributed by atoms with Gasteiger partial charge in [-0.3, -0.25) is 0 Å². The summed E-state index contributed by atoms with van der Waals surface area (Å²) in [5.41, 5.74) is 4.15. The lowest BCUT2D eigenvalue weighted by Crippen LogP contribution is -1.77. The minimum absolute atomic E-state index is 0.890.